The van der Waals surface area contributed by atoms with E-state index in [-0.39, 0.29) is 18.1 Å². The molecule has 1 aromatic carbocycles. The Labute approximate surface area is 271 Å². The lowest BCUT2D eigenvalue weighted by Gasteiger charge is -2.27. The highest BCUT2D eigenvalue weighted by atomic mass is 28.3. The second-order valence-electron chi connectivity index (χ2n) is 14.0. The maximum absolute atomic E-state index is 12.4. The molecule has 0 bridgehead atoms. The van der Waals surface area contributed by atoms with E-state index >= 15 is 0 Å². The molecule has 242 valence electrons. The van der Waals surface area contributed by atoms with E-state index in [0.29, 0.717) is 18.0 Å². The van der Waals surface area contributed by atoms with E-state index in [1.165, 1.54) is 0 Å². The van der Waals surface area contributed by atoms with Gasteiger partial charge in [0.25, 0.3) is 5.91 Å². The number of aromatic nitrogens is 5. The number of aliphatic hydroxyl groups is 1. The number of hydrogen-bond donors (Lipinski definition) is 3. The van der Waals surface area contributed by atoms with Gasteiger partial charge in [0.1, 0.15) is 12.4 Å². The predicted molar refractivity (Wildman–Crippen MR) is 186 cm³/mol. The number of rotatable bonds is 11. The number of nitrogens with two attached hydrogens (primary N) is 1. The van der Waals surface area contributed by atoms with Crippen molar-refractivity contribution in [3.8, 4) is 16.8 Å². The van der Waals surface area contributed by atoms with E-state index in [2.05, 4.69) is 55.5 Å². The summed E-state index contributed by atoms with van der Waals surface area (Å²) in [7, 11) is -1.15. The van der Waals surface area contributed by atoms with Gasteiger partial charge in [0.05, 0.1) is 28.4 Å². The quantitative estimate of drug-likeness (QED) is 0.108. The first-order valence-electron chi connectivity index (χ1n) is 16.3. The van der Waals surface area contributed by atoms with Crippen LogP contribution in [0.15, 0.2) is 55.0 Å². The number of fused-ring (bicyclic) bond motifs is 2. The summed E-state index contributed by atoms with van der Waals surface area (Å²) in [6.45, 7) is 12.6. The molecule has 0 saturated heterocycles. The van der Waals surface area contributed by atoms with E-state index in [1.807, 2.05) is 41.5 Å². The summed E-state index contributed by atoms with van der Waals surface area (Å²) < 4.78 is 9.91. The van der Waals surface area contributed by atoms with Crippen molar-refractivity contribution >= 4 is 41.7 Å². The molecule has 6 rings (SSSR count). The molecule has 5 aromatic rings. The highest BCUT2D eigenvalue weighted by molar-refractivity contribution is 6.76. The molecule has 4 N–H and O–H groups in total. The zero-order chi connectivity index (χ0) is 32.6. The zero-order valence-corrected chi connectivity index (χ0v) is 28.5. The minimum absolute atomic E-state index is 0.133. The Bertz CT molecular complexity index is 1870. The number of primary amides is 1. The van der Waals surface area contributed by atoms with Crippen molar-refractivity contribution in [3.05, 3.63) is 66.2 Å². The summed E-state index contributed by atoms with van der Waals surface area (Å²) in [5, 5.41) is 20.6. The summed E-state index contributed by atoms with van der Waals surface area (Å²) in [6, 6.07) is 13.1. The van der Waals surface area contributed by atoms with Crippen LogP contribution in [0.2, 0.25) is 25.7 Å². The number of ether oxygens (including phenoxy) is 1. The van der Waals surface area contributed by atoms with Crippen molar-refractivity contribution in [2.45, 2.75) is 90.0 Å². The summed E-state index contributed by atoms with van der Waals surface area (Å²) >= 11 is 0. The smallest absolute Gasteiger partial charge is 0.250 e. The number of nitrogens with one attached hydrogen (secondary N) is 1. The largest absolute Gasteiger partial charge is 0.393 e. The lowest BCUT2D eigenvalue weighted by molar-refractivity contribution is 0.0899. The normalized spacial score (nSPS) is 17.3. The molecule has 10 nitrogen and oxygen atoms in total. The average Bonchev–Trinajstić information content (AvgIpc) is 3.61. The lowest BCUT2D eigenvalue weighted by atomic mass is 9.92. The van der Waals surface area contributed by atoms with Crippen LogP contribution in [0.5, 0.6) is 0 Å². The minimum atomic E-state index is -1.15. The summed E-state index contributed by atoms with van der Waals surface area (Å²) in [4.78, 5) is 22.0. The summed E-state index contributed by atoms with van der Waals surface area (Å²) in [5.74, 6) is -0.359. The second kappa shape index (κ2) is 13.0. The van der Waals surface area contributed by atoms with Gasteiger partial charge in [-0.15, -0.1) is 0 Å². The first-order valence-corrected chi connectivity index (χ1v) is 20.0. The topological polar surface area (TPSA) is 133 Å². The van der Waals surface area contributed by atoms with Crippen LogP contribution in [0.4, 0.5) is 5.69 Å². The predicted octanol–water partition coefficient (Wildman–Crippen LogP) is 6.69. The van der Waals surface area contributed by atoms with Gasteiger partial charge in [-0.05, 0) is 79.6 Å². The monoisotopic (exact) mass is 639 g/mol. The Kier molecular flexibility index (Phi) is 9.00. The molecule has 4 aromatic heterocycles. The maximum atomic E-state index is 12.4. The number of carbonyl (C=O) groups is 1. The van der Waals surface area contributed by atoms with Crippen LogP contribution in [0.3, 0.4) is 0 Å². The third kappa shape index (κ3) is 6.72. The van der Waals surface area contributed by atoms with E-state index in [4.69, 9.17) is 25.5 Å². The van der Waals surface area contributed by atoms with Crippen LogP contribution >= 0.6 is 0 Å². The molecule has 0 atom stereocenters. The van der Waals surface area contributed by atoms with Crippen molar-refractivity contribution < 1.29 is 14.6 Å². The fraction of sp³-hybridized carbons (Fsp3) is 0.429. The van der Waals surface area contributed by atoms with Crippen molar-refractivity contribution in [1.82, 2.24) is 24.3 Å². The molecule has 1 fully saturated rings. The first kappa shape index (κ1) is 31.9. The average molecular weight is 640 g/mol. The second-order valence-corrected chi connectivity index (χ2v) is 19.6. The first-order chi connectivity index (χ1) is 22.0. The van der Waals surface area contributed by atoms with Gasteiger partial charge in [0.15, 0.2) is 5.65 Å². The number of aliphatic hydroxyl groups excluding tert-OH is 1. The summed E-state index contributed by atoms with van der Waals surface area (Å²) in [6.07, 6.45) is 8.61. The highest BCUT2D eigenvalue weighted by Gasteiger charge is 2.24. The highest BCUT2D eigenvalue weighted by Crippen LogP contribution is 2.36. The third-order valence-electron chi connectivity index (χ3n) is 8.85. The minimum Gasteiger partial charge on any atom is -0.393 e. The van der Waals surface area contributed by atoms with E-state index in [9.17, 15) is 9.90 Å². The molecular formula is C35H45N7O3Si. The van der Waals surface area contributed by atoms with Gasteiger partial charge in [-0.3, -0.25) is 4.79 Å². The van der Waals surface area contributed by atoms with Crippen molar-refractivity contribution in [2.75, 3.05) is 11.9 Å². The molecule has 1 aliphatic carbocycles. The van der Waals surface area contributed by atoms with Gasteiger partial charge < -0.3 is 25.5 Å². The van der Waals surface area contributed by atoms with Crippen LogP contribution in [0.25, 0.3) is 38.9 Å². The molecule has 1 aliphatic rings. The van der Waals surface area contributed by atoms with Crippen molar-refractivity contribution in [2.24, 2.45) is 5.73 Å². The number of pyridine rings is 2. The standard InChI is InChI=1S/C35H45N7O3Si/c1-22(2)32-31-28(24-18-23-13-15-41(34(23)38-20-24)21-45-16-17-46(3,4)5)12-14-37-35(31)42(40-32)26-8-11-29(33(36)44)30(19-26)39-25-6-9-27(43)10-7-25/h8,11-15,18-20,22,25,27,39,43H,6-7,9-10,16-17,21H2,1-5H3,(H2,36,44). The summed E-state index contributed by atoms with van der Waals surface area (Å²) in [5.41, 5.74) is 12.2. The Morgan fingerprint density at radius 1 is 1.09 bits per heavy atom. The van der Waals surface area contributed by atoms with Gasteiger partial charge in [-0.1, -0.05) is 33.5 Å². The van der Waals surface area contributed by atoms with E-state index < -0.39 is 14.0 Å². The molecule has 11 heteroatoms. The third-order valence-corrected chi connectivity index (χ3v) is 10.6. The van der Waals surface area contributed by atoms with Crippen molar-refractivity contribution in [1.29, 1.82) is 0 Å². The Morgan fingerprint density at radius 2 is 1.87 bits per heavy atom. The Balaban J connectivity index is 1.36. The molecule has 1 saturated carbocycles. The van der Waals surface area contributed by atoms with E-state index in [1.54, 1.807) is 6.07 Å². The van der Waals surface area contributed by atoms with Crippen LogP contribution in [-0.2, 0) is 11.5 Å². The fourth-order valence-corrected chi connectivity index (χ4v) is 6.96. The maximum Gasteiger partial charge on any atom is 0.250 e. The molecule has 4 heterocycles. The molecular weight excluding hydrogens is 595 g/mol. The van der Waals surface area contributed by atoms with Crippen molar-refractivity contribution in [3.63, 3.8) is 0 Å². The molecule has 0 spiro atoms. The molecule has 0 radical (unpaired) electrons. The van der Waals surface area contributed by atoms with Gasteiger partial charge in [-0.25, -0.2) is 14.6 Å². The van der Waals surface area contributed by atoms with Gasteiger partial charge >= 0.3 is 0 Å². The molecule has 1 amide bonds. The van der Waals surface area contributed by atoms with E-state index in [0.717, 1.165) is 82.9 Å². The number of benzene rings is 1. The number of amides is 1. The van der Waals surface area contributed by atoms with Gasteiger partial charge in [-0.2, -0.15) is 5.10 Å². The molecule has 0 aliphatic heterocycles. The Morgan fingerprint density at radius 3 is 2.59 bits per heavy atom. The Hall–Kier alpha value is -4.06. The zero-order valence-electron chi connectivity index (χ0n) is 27.5. The molecule has 46 heavy (non-hydrogen) atoms. The van der Waals surface area contributed by atoms with Crippen LogP contribution in [0.1, 0.15) is 61.5 Å². The number of hydrogen-bond acceptors (Lipinski definition) is 7. The van der Waals surface area contributed by atoms with Gasteiger partial charge in [0.2, 0.25) is 0 Å². The number of carbonyl (C=O) groups excluding carboxylic acids is 1. The number of nitrogens with zero attached hydrogens (tertiary/aromatic N) is 5. The number of anilines is 1. The van der Waals surface area contributed by atoms with Crippen LogP contribution in [0, 0.1) is 0 Å². The van der Waals surface area contributed by atoms with Crippen LogP contribution < -0.4 is 11.1 Å². The van der Waals surface area contributed by atoms with Crippen LogP contribution in [-0.4, -0.2) is 62.2 Å². The molecule has 0 unspecified atom stereocenters. The SMILES string of the molecule is CC(C)c1nn(-c2ccc(C(N)=O)c(NC3CCC(O)CC3)c2)c2nccc(-c3cnc4c(ccn4COCC[Si](C)(C)C)c3)c12. The van der Waals surface area contributed by atoms with Gasteiger partial charge in [0, 0.05) is 56.0 Å². The lowest BCUT2D eigenvalue weighted by Crippen LogP contribution is -2.29. The fourth-order valence-electron chi connectivity index (χ4n) is 6.20.